The lowest BCUT2D eigenvalue weighted by Gasteiger charge is -2.08. The second-order valence-electron chi connectivity index (χ2n) is 3.19. The summed E-state index contributed by atoms with van der Waals surface area (Å²) in [4.78, 5) is 11.1. The van der Waals surface area contributed by atoms with Crippen LogP contribution in [-0.4, -0.2) is 23.5 Å². The summed E-state index contributed by atoms with van der Waals surface area (Å²) in [6.07, 6.45) is 3.09. The van der Waals surface area contributed by atoms with Crippen molar-refractivity contribution in [3.05, 3.63) is 0 Å². The second-order valence-corrected chi connectivity index (χ2v) is 3.19. The van der Waals surface area contributed by atoms with Crippen molar-refractivity contribution in [3.63, 3.8) is 0 Å². The molecule has 1 aliphatic rings. The number of carbonyl (C=O) groups excluding carboxylic acids is 1. The van der Waals surface area contributed by atoms with Crippen LogP contribution < -0.4 is 0 Å². The fraction of sp³-hybridized carbons (Fsp3) is 0.778. The van der Waals surface area contributed by atoms with Gasteiger partial charge in [-0.15, -0.1) is 0 Å². The summed E-state index contributed by atoms with van der Waals surface area (Å²) < 4.78 is 4.82. The number of esters is 1. The first-order chi connectivity index (χ1) is 6.27. The number of carbonyl (C=O) groups is 1. The molecule has 0 radical (unpaired) electrons. The van der Waals surface area contributed by atoms with Crippen molar-refractivity contribution in [2.24, 2.45) is 11.1 Å². The van der Waals surface area contributed by atoms with E-state index in [2.05, 4.69) is 5.16 Å². The topological polar surface area (TPSA) is 58.9 Å². The lowest BCUT2D eigenvalue weighted by Crippen LogP contribution is -2.15. The Bertz CT molecular complexity index is 213. The van der Waals surface area contributed by atoms with E-state index in [0.29, 0.717) is 13.0 Å². The molecule has 0 heterocycles. The molecule has 0 aliphatic heterocycles. The highest BCUT2D eigenvalue weighted by atomic mass is 16.5. The van der Waals surface area contributed by atoms with Gasteiger partial charge in [-0.2, -0.15) is 0 Å². The van der Waals surface area contributed by atoms with Gasteiger partial charge in [0.15, 0.2) is 0 Å². The van der Waals surface area contributed by atoms with Crippen molar-refractivity contribution in [2.75, 3.05) is 6.61 Å². The normalized spacial score (nSPS) is 25.0. The molecular formula is C9H15NO3. The van der Waals surface area contributed by atoms with E-state index in [1.54, 1.807) is 6.92 Å². The molecule has 0 bridgehead atoms. The van der Waals surface area contributed by atoms with Crippen LogP contribution in [0.1, 0.15) is 32.6 Å². The third-order valence-electron chi connectivity index (χ3n) is 2.30. The fourth-order valence-electron chi connectivity index (χ4n) is 1.67. The Morgan fingerprint density at radius 2 is 2.54 bits per heavy atom. The number of oxime groups is 1. The molecule has 0 aromatic heterocycles. The van der Waals surface area contributed by atoms with Crippen LogP contribution in [0.25, 0.3) is 0 Å². The number of ether oxygens (including phenoxy) is 1. The highest BCUT2D eigenvalue weighted by molar-refractivity contribution is 5.90. The largest absolute Gasteiger partial charge is 0.466 e. The zero-order valence-corrected chi connectivity index (χ0v) is 7.82. The minimum absolute atomic E-state index is 0.101. The van der Waals surface area contributed by atoms with Crippen LogP contribution >= 0.6 is 0 Å². The highest BCUT2D eigenvalue weighted by Crippen LogP contribution is 2.25. The number of nitrogens with zero attached hydrogens (tertiary/aromatic N) is 1. The second kappa shape index (κ2) is 4.84. The molecule has 4 heteroatoms. The minimum atomic E-state index is -0.199. The molecule has 0 amide bonds. The molecule has 1 aliphatic carbocycles. The van der Waals surface area contributed by atoms with Gasteiger partial charge in [0, 0.05) is 5.92 Å². The summed E-state index contributed by atoms with van der Waals surface area (Å²) in [6.45, 7) is 2.20. The molecule has 1 fully saturated rings. The molecule has 0 spiro atoms. The van der Waals surface area contributed by atoms with E-state index in [9.17, 15) is 4.79 Å². The summed E-state index contributed by atoms with van der Waals surface area (Å²) in [5.41, 5.74) is 0.744. The SMILES string of the molecule is CCOC(=O)CC1CCC/C1=N/O. The van der Waals surface area contributed by atoms with Crippen molar-refractivity contribution < 1.29 is 14.7 Å². The zero-order valence-electron chi connectivity index (χ0n) is 7.82. The van der Waals surface area contributed by atoms with Gasteiger partial charge in [-0.3, -0.25) is 4.79 Å². The molecule has 1 unspecified atom stereocenters. The number of hydrogen-bond donors (Lipinski definition) is 1. The van der Waals surface area contributed by atoms with E-state index >= 15 is 0 Å². The molecule has 1 atom stereocenters. The van der Waals surface area contributed by atoms with Crippen molar-refractivity contribution in [1.29, 1.82) is 0 Å². The predicted molar refractivity (Wildman–Crippen MR) is 47.8 cm³/mol. The molecule has 0 aromatic carbocycles. The molecule has 0 saturated heterocycles. The van der Waals surface area contributed by atoms with E-state index in [0.717, 1.165) is 25.0 Å². The van der Waals surface area contributed by atoms with Crippen molar-refractivity contribution >= 4 is 11.7 Å². The quantitative estimate of drug-likeness (QED) is 0.412. The third kappa shape index (κ3) is 2.72. The first-order valence-electron chi connectivity index (χ1n) is 4.64. The monoisotopic (exact) mass is 185 g/mol. The van der Waals surface area contributed by atoms with Crippen LogP contribution in [0.15, 0.2) is 5.16 Å². The number of rotatable bonds is 3. The molecule has 4 nitrogen and oxygen atoms in total. The van der Waals surface area contributed by atoms with Gasteiger partial charge in [0.1, 0.15) is 0 Å². The Balaban J connectivity index is 2.40. The maximum absolute atomic E-state index is 11.1. The first kappa shape index (κ1) is 10.0. The van der Waals surface area contributed by atoms with E-state index in [1.165, 1.54) is 0 Å². The molecule has 1 N–H and O–H groups in total. The summed E-state index contributed by atoms with van der Waals surface area (Å²) in [5.74, 6) is -0.0976. The van der Waals surface area contributed by atoms with Crippen LogP contribution in [0.2, 0.25) is 0 Å². The average molecular weight is 185 g/mol. The Morgan fingerprint density at radius 1 is 1.77 bits per heavy atom. The van der Waals surface area contributed by atoms with Crippen molar-refractivity contribution in [1.82, 2.24) is 0 Å². The van der Waals surface area contributed by atoms with Gasteiger partial charge in [0.05, 0.1) is 18.7 Å². The lowest BCUT2D eigenvalue weighted by atomic mass is 10.0. The van der Waals surface area contributed by atoms with Crippen LogP contribution in [0.4, 0.5) is 0 Å². The van der Waals surface area contributed by atoms with Gasteiger partial charge in [-0.05, 0) is 26.2 Å². The average Bonchev–Trinajstić information content (AvgIpc) is 2.52. The lowest BCUT2D eigenvalue weighted by molar-refractivity contribution is -0.143. The summed E-state index contributed by atoms with van der Waals surface area (Å²) >= 11 is 0. The first-order valence-corrected chi connectivity index (χ1v) is 4.64. The molecule has 1 saturated carbocycles. The Morgan fingerprint density at radius 3 is 3.15 bits per heavy atom. The minimum Gasteiger partial charge on any atom is -0.466 e. The molecule has 13 heavy (non-hydrogen) atoms. The maximum Gasteiger partial charge on any atom is 0.306 e. The predicted octanol–water partition coefficient (Wildman–Crippen LogP) is 1.57. The van der Waals surface area contributed by atoms with Gasteiger partial charge < -0.3 is 9.94 Å². The summed E-state index contributed by atoms with van der Waals surface area (Å²) in [7, 11) is 0. The molecule has 1 rings (SSSR count). The molecule has 0 aromatic rings. The van der Waals surface area contributed by atoms with Crippen molar-refractivity contribution in [2.45, 2.75) is 32.6 Å². The van der Waals surface area contributed by atoms with Crippen LogP contribution in [-0.2, 0) is 9.53 Å². The summed E-state index contributed by atoms with van der Waals surface area (Å²) in [5, 5.41) is 11.8. The third-order valence-corrected chi connectivity index (χ3v) is 2.30. The van der Waals surface area contributed by atoms with Crippen LogP contribution in [0.3, 0.4) is 0 Å². The van der Waals surface area contributed by atoms with E-state index < -0.39 is 0 Å². The van der Waals surface area contributed by atoms with Gasteiger partial charge in [-0.25, -0.2) is 0 Å². The standard InChI is InChI=1S/C9H15NO3/c1-2-13-9(11)6-7-4-3-5-8(7)10-12/h7,12H,2-6H2,1H3/b10-8-. The Labute approximate surface area is 77.6 Å². The Kier molecular flexibility index (Phi) is 3.73. The zero-order chi connectivity index (χ0) is 9.68. The summed E-state index contributed by atoms with van der Waals surface area (Å²) in [6, 6.07) is 0. The fourth-order valence-corrected chi connectivity index (χ4v) is 1.67. The van der Waals surface area contributed by atoms with E-state index in [4.69, 9.17) is 9.94 Å². The maximum atomic E-state index is 11.1. The number of hydrogen-bond acceptors (Lipinski definition) is 4. The van der Waals surface area contributed by atoms with Crippen LogP contribution in [0.5, 0.6) is 0 Å². The smallest absolute Gasteiger partial charge is 0.306 e. The van der Waals surface area contributed by atoms with Crippen LogP contribution in [0, 0.1) is 5.92 Å². The van der Waals surface area contributed by atoms with E-state index in [-0.39, 0.29) is 11.9 Å². The molecule has 74 valence electrons. The highest BCUT2D eigenvalue weighted by Gasteiger charge is 2.25. The van der Waals surface area contributed by atoms with Crippen molar-refractivity contribution in [3.8, 4) is 0 Å². The molecular weight excluding hydrogens is 170 g/mol. The Hall–Kier alpha value is -1.06. The van der Waals surface area contributed by atoms with Gasteiger partial charge in [0.2, 0.25) is 0 Å². The van der Waals surface area contributed by atoms with Gasteiger partial charge in [0.25, 0.3) is 0 Å². The van der Waals surface area contributed by atoms with Gasteiger partial charge >= 0.3 is 5.97 Å². The van der Waals surface area contributed by atoms with E-state index in [1.807, 2.05) is 0 Å². The van der Waals surface area contributed by atoms with Gasteiger partial charge in [-0.1, -0.05) is 5.16 Å².